The first-order valence-corrected chi connectivity index (χ1v) is 6.78. The summed E-state index contributed by atoms with van der Waals surface area (Å²) in [7, 11) is 1.49. The number of nitrogens with zero attached hydrogens (tertiary/aromatic N) is 2. The third-order valence-corrected chi connectivity index (χ3v) is 4.18. The average Bonchev–Trinajstić information content (AvgIpc) is 2.82. The number of fused-ring (bicyclic) bond motifs is 1. The van der Waals surface area contributed by atoms with Gasteiger partial charge in [0.25, 0.3) is 0 Å². The lowest BCUT2D eigenvalue weighted by atomic mass is 10.0. The molecule has 98 valence electrons. The molecule has 0 saturated carbocycles. The Morgan fingerprint density at radius 2 is 2.24 bits per heavy atom. The van der Waals surface area contributed by atoms with Crippen LogP contribution in [0.4, 0.5) is 0 Å². The Hall–Kier alpha value is -0.610. The summed E-state index contributed by atoms with van der Waals surface area (Å²) < 4.78 is 4.86. The molecule has 4 nitrogen and oxygen atoms in total. The van der Waals surface area contributed by atoms with Crippen LogP contribution in [0.25, 0.3) is 0 Å². The number of esters is 1. The van der Waals surface area contributed by atoms with Crippen LogP contribution in [-0.4, -0.2) is 61.6 Å². The van der Waals surface area contributed by atoms with E-state index in [1.54, 1.807) is 0 Å². The van der Waals surface area contributed by atoms with Crippen LogP contribution in [0.1, 0.15) is 26.2 Å². The number of carbonyl (C=O) groups is 1. The molecule has 2 aliphatic heterocycles. The Bertz CT molecular complexity index is 270. The molecular formula is C13H24N2O2. The van der Waals surface area contributed by atoms with Crippen molar-refractivity contribution in [1.29, 1.82) is 0 Å². The van der Waals surface area contributed by atoms with Gasteiger partial charge in [-0.25, -0.2) is 0 Å². The van der Waals surface area contributed by atoms with Crippen LogP contribution in [0.15, 0.2) is 0 Å². The van der Waals surface area contributed by atoms with Gasteiger partial charge in [0.1, 0.15) is 0 Å². The fourth-order valence-electron chi connectivity index (χ4n) is 3.07. The molecule has 2 atom stereocenters. The standard InChI is InChI=1S/C13H24N2O2/c1-3-11(13(16)17-2)9-14-7-8-15-6-4-5-12(15)10-14/h11-12H,3-10H2,1-2H3. The van der Waals surface area contributed by atoms with Gasteiger partial charge >= 0.3 is 5.97 Å². The minimum absolute atomic E-state index is 0.0490. The predicted octanol–water partition coefficient (Wildman–Crippen LogP) is 0.966. The molecule has 2 heterocycles. The molecule has 0 N–H and O–H groups in total. The quantitative estimate of drug-likeness (QED) is 0.685. The smallest absolute Gasteiger partial charge is 0.309 e. The molecule has 2 aliphatic rings. The first-order valence-electron chi connectivity index (χ1n) is 6.78. The first kappa shape index (κ1) is 12.8. The van der Waals surface area contributed by atoms with Crippen molar-refractivity contribution in [2.24, 2.45) is 5.92 Å². The van der Waals surface area contributed by atoms with Gasteiger partial charge in [0, 0.05) is 32.2 Å². The third kappa shape index (κ3) is 2.99. The first-order chi connectivity index (χ1) is 8.24. The Morgan fingerprint density at radius 1 is 1.41 bits per heavy atom. The number of hydrogen-bond donors (Lipinski definition) is 0. The van der Waals surface area contributed by atoms with E-state index >= 15 is 0 Å². The van der Waals surface area contributed by atoms with E-state index in [1.807, 2.05) is 0 Å². The molecule has 0 aliphatic carbocycles. The van der Waals surface area contributed by atoms with Gasteiger partial charge in [-0.2, -0.15) is 0 Å². The zero-order valence-corrected chi connectivity index (χ0v) is 11.0. The van der Waals surface area contributed by atoms with Crippen molar-refractivity contribution in [2.75, 3.05) is 39.8 Å². The van der Waals surface area contributed by atoms with E-state index in [9.17, 15) is 4.79 Å². The zero-order valence-electron chi connectivity index (χ0n) is 11.0. The van der Waals surface area contributed by atoms with Crippen LogP contribution in [0.2, 0.25) is 0 Å². The van der Waals surface area contributed by atoms with Gasteiger partial charge in [0.15, 0.2) is 0 Å². The number of rotatable bonds is 4. The second-order valence-corrected chi connectivity index (χ2v) is 5.22. The highest BCUT2D eigenvalue weighted by atomic mass is 16.5. The molecule has 2 unspecified atom stereocenters. The van der Waals surface area contributed by atoms with Crippen molar-refractivity contribution >= 4 is 5.97 Å². The van der Waals surface area contributed by atoms with Crippen molar-refractivity contribution < 1.29 is 9.53 Å². The van der Waals surface area contributed by atoms with E-state index in [0.717, 1.165) is 32.1 Å². The maximum absolute atomic E-state index is 11.6. The van der Waals surface area contributed by atoms with Crippen LogP contribution in [0.3, 0.4) is 0 Å². The van der Waals surface area contributed by atoms with Crippen LogP contribution in [0.5, 0.6) is 0 Å². The molecule has 0 amide bonds. The average molecular weight is 240 g/mol. The predicted molar refractivity (Wildman–Crippen MR) is 66.8 cm³/mol. The third-order valence-electron chi connectivity index (χ3n) is 4.18. The Morgan fingerprint density at radius 3 is 2.94 bits per heavy atom. The van der Waals surface area contributed by atoms with Gasteiger partial charge in [-0.15, -0.1) is 0 Å². The van der Waals surface area contributed by atoms with Crippen molar-refractivity contribution in [3.05, 3.63) is 0 Å². The highest BCUT2D eigenvalue weighted by Gasteiger charge is 2.32. The molecule has 0 radical (unpaired) electrons. The van der Waals surface area contributed by atoms with E-state index < -0.39 is 0 Å². The molecule has 2 fully saturated rings. The largest absolute Gasteiger partial charge is 0.469 e. The number of ether oxygens (including phenoxy) is 1. The van der Waals surface area contributed by atoms with Gasteiger partial charge in [-0.3, -0.25) is 14.6 Å². The highest BCUT2D eigenvalue weighted by molar-refractivity contribution is 5.72. The van der Waals surface area contributed by atoms with E-state index in [1.165, 1.54) is 33.0 Å². The van der Waals surface area contributed by atoms with Gasteiger partial charge < -0.3 is 4.74 Å². The normalized spacial score (nSPS) is 27.8. The second-order valence-electron chi connectivity index (χ2n) is 5.22. The summed E-state index contributed by atoms with van der Waals surface area (Å²) >= 11 is 0. The molecule has 2 saturated heterocycles. The van der Waals surface area contributed by atoms with Crippen molar-refractivity contribution in [3.8, 4) is 0 Å². The van der Waals surface area contributed by atoms with Crippen molar-refractivity contribution in [2.45, 2.75) is 32.2 Å². The molecule has 0 spiro atoms. The summed E-state index contributed by atoms with van der Waals surface area (Å²) in [6, 6.07) is 0.735. The lowest BCUT2D eigenvalue weighted by Gasteiger charge is -2.38. The lowest BCUT2D eigenvalue weighted by molar-refractivity contribution is -0.146. The summed E-state index contributed by atoms with van der Waals surface area (Å²) in [6.45, 7) is 7.60. The van der Waals surface area contributed by atoms with E-state index in [4.69, 9.17) is 4.74 Å². The number of carbonyl (C=O) groups excluding carboxylic acids is 1. The van der Waals surface area contributed by atoms with Crippen LogP contribution >= 0.6 is 0 Å². The SMILES string of the molecule is CCC(CN1CCN2CCCC2C1)C(=O)OC. The minimum Gasteiger partial charge on any atom is -0.469 e. The zero-order chi connectivity index (χ0) is 12.3. The van der Waals surface area contributed by atoms with Gasteiger partial charge in [0.05, 0.1) is 13.0 Å². The number of methoxy groups -OCH3 is 1. The summed E-state index contributed by atoms with van der Waals surface area (Å²) in [6.07, 6.45) is 3.54. The monoisotopic (exact) mass is 240 g/mol. The Kier molecular flexibility index (Phi) is 4.40. The van der Waals surface area contributed by atoms with Gasteiger partial charge in [-0.1, -0.05) is 6.92 Å². The number of hydrogen-bond acceptors (Lipinski definition) is 4. The second kappa shape index (κ2) is 5.83. The molecular weight excluding hydrogens is 216 g/mol. The van der Waals surface area contributed by atoms with Crippen LogP contribution < -0.4 is 0 Å². The summed E-state index contributed by atoms with van der Waals surface area (Å²) in [5.41, 5.74) is 0. The summed E-state index contributed by atoms with van der Waals surface area (Å²) in [4.78, 5) is 16.6. The topological polar surface area (TPSA) is 32.8 Å². The van der Waals surface area contributed by atoms with Crippen LogP contribution in [0, 0.1) is 5.92 Å². The van der Waals surface area contributed by atoms with E-state index in [0.29, 0.717) is 0 Å². The molecule has 0 aromatic heterocycles. The Balaban J connectivity index is 1.84. The molecule has 0 bridgehead atoms. The molecule has 4 heteroatoms. The molecule has 17 heavy (non-hydrogen) atoms. The van der Waals surface area contributed by atoms with Crippen molar-refractivity contribution in [3.63, 3.8) is 0 Å². The molecule has 0 aromatic carbocycles. The maximum Gasteiger partial charge on any atom is 0.309 e. The summed E-state index contributed by atoms with van der Waals surface area (Å²) in [5.74, 6) is -0.00527. The van der Waals surface area contributed by atoms with Crippen LogP contribution in [-0.2, 0) is 9.53 Å². The fourth-order valence-corrected chi connectivity index (χ4v) is 3.07. The van der Waals surface area contributed by atoms with E-state index in [-0.39, 0.29) is 11.9 Å². The van der Waals surface area contributed by atoms with Gasteiger partial charge in [-0.05, 0) is 25.8 Å². The lowest BCUT2D eigenvalue weighted by Crippen LogP contribution is -2.51. The number of piperazine rings is 1. The Labute approximate surface area is 104 Å². The molecule has 2 rings (SSSR count). The minimum atomic E-state index is -0.0543. The van der Waals surface area contributed by atoms with Crippen molar-refractivity contribution in [1.82, 2.24) is 9.80 Å². The maximum atomic E-state index is 11.6. The summed E-state index contributed by atoms with van der Waals surface area (Å²) in [5, 5.41) is 0. The molecule has 0 aromatic rings. The fraction of sp³-hybridized carbons (Fsp3) is 0.923. The van der Waals surface area contributed by atoms with Gasteiger partial charge in [0.2, 0.25) is 0 Å². The van der Waals surface area contributed by atoms with E-state index in [2.05, 4.69) is 16.7 Å². The highest BCUT2D eigenvalue weighted by Crippen LogP contribution is 2.22.